The highest BCUT2D eigenvalue weighted by molar-refractivity contribution is 7.19. The van der Waals surface area contributed by atoms with Crippen LogP contribution in [0.3, 0.4) is 0 Å². The molecule has 0 atom stereocenters. The number of benzene rings is 1. The Bertz CT molecular complexity index is 865. The zero-order valence-corrected chi connectivity index (χ0v) is 14.8. The van der Waals surface area contributed by atoms with Crippen molar-refractivity contribution in [2.24, 2.45) is 5.10 Å². The highest BCUT2D eigenvalue weighted by Crippen LogP contribution is 2.33. The summed E-state index contributed by atoms with van der Waals surface area (Å²) in [6.45, 7) is 1.86. The second kappa shape index (κ2) is 7.57. The molecule has 2 N–H and O–H groups in total. The molecule has 1 aromatic carbocycles. The fourth-order valence-electron chi connectivity index (χ4n) is 1.80. The maximum atomic E-state index is 6.14. The van der Waals surface area contributed by atoms with Gasteiger partial charge in [0.05, 0.1) is 27.1 Å². The summed E-state index contributed by atoms with van der Waals surface area (Å²) < 4.78 is 0. The average molecular weight is 379 g/mol. The lowest BCUT2D eigenvalue weighted by Crippen LogP contribution is -2.01. The Balaban J connectivity index is 1.69. The van der Waals surface area contributed by atoms with Gasteiger partial charge < -0.3 is 5.32 Å². The molecule has 0 saturated carbocycles. The van der Waals surface area contributed by atoms with Crippen LogP contribution in [0.2, 0.25) is 10.0 Å². The zero-order chi connectivity index (χ0) is 16.9. The van der Waals surface area contributed by atoms with Crippen LogP contribution in [-0.2, 0) is 0 Å². The second-order valence-corrected chi connectivity index (χ2v) is 6.43. The van der Waals surface area contributed by atoms with Gasteiger partial charge in [-0.1, -0.05) is 46.7 Å². The molecule has 0 saturated heterocycles. The molecule has 0 amide bonds. The van der Waals surface area contributed by atoms with Gasteiger partial charge in [-0.3, -0.25) is 10.4 Å². The van der Waals surface area contributed by atoms with Gasteiger partial charge in [-0.2, -0.15) is 5.10 Å². The number of pyridine rings is 1. The molecule has 0 aliphatic heterocycles. The van der Waals surface area contributed by atoms with Crippen LogP contribution in [-0.4, -0.2) is 20.9 Å². The van der Waals surface area contributed by atoms with Crippen molar-refractivity contribution in [2.75, 3.05) is 10.7 Å². The van der Waals surface area contributed by atoms with Crippen molar-refractivity contribution in [2.45, 2.75) is 6.92 Å². The van der Waals surface area contributed by atoms with Crippen molar-refractivity contribution in [3.8, 4) is 0 Å². The van der Waals surface area contributed by atoms with Crippen LogP contribution in [0.25, 0.3) is 0 Å². The molecule has 3 rings (SSSR count). The first kappa shape index (κ1) is 16.6. The second-order valence-electron chi connectivity index (χ2n) is 4.66. The third kappa shape index (κ3) is 4.00. The molecule has 24 heavy (non-hydrogen) atoms. The highest BCUT2D eigenvalue weighted by atomic mass is 35.5. The molecule has 0 aliphatic carbocycles. The number of hydrogen-bond donors (Lipinski definition) is 2. The van der Waals surface area contributed by atoms with Crippen molar-refractivity contribution in [3.63, 3.8) is 0 Å². The smallest absolute Gasteiger partial charge is 0.227 e. The van der Waals surface area contributed by atoms with Crippen molar-refractivity contribution in [1.29, 1.82) is 0 Å². The number of hydrogen-bond acceptors (Lipinski definition) is 7. The van der Waals surface area contributed by atoms with E-state index in [-0.39, 0.29) is 0 Å². The van der Waals surface area contributed by atoms with Crippen LogP contribution < -0.4 is 10.7 Å². The minimum atomic E-state index is 0.438. The summed E-state index contributed by atoms with van der Waals surface area (Å²) in [6.07, 6.45) is 1.72. The Morgan fingerprint density at radius 2 is 1.92 bits per heavy atom. The Labute approximate surface area is 152 Å². The third-order valence-corrected chi connectivity index (χ3v) is 4.54. The predicted octanol–water partition coefficient (Wildman–Crippen LogP) is 4.82. The summed E-state index contributed by atoms with van der Waals surface area (Å²) in [5.74, 6) is 0. The van der Waals surface area contributed by atoms with Gasteiger partial charge in [0.1, 0.15) is 0 Å². The topological polar surface area (TPSA) is 75.1 Å². The Morgan fingerprint density at radius 1 is 1.08 bits per heavy atom. The molecular formula is C15H12Cl2N6S. The Morgan fingerprint density at radius 3 is 2.71 bits per heavy atom. The summed E-state index contributed by atoms with van der Waals surface area (Å²) in [5.41, 5.74) is 5.07. The lowest BCUT2D eigenvalue weighted by molar-refractivity contribution is 1.08. The molecule has 0 radical (unpaired) electrons. The number of rotatable bonds is 5. The standard InChI is InChI=1S/C15H12Cl2N6S/c1-9(11-6-2-3-8-18-11)20-22-15-23-21-14(24-15)19-12-7-4-5-10(16)13(12)17/h2-8H,1H3,(H,19,21)(H,22,23). The van der Waals surface area contributed by atoms with Crippen molar-refractivity contribution >= 4 is 56.2 Å². The summed E-state index contributed by atoms with van der Waals surface area (Å²) in [7, 11) is 0. The molecule has 0 unspecified atom stereocenters. The maximum Gasteiger partial charge on any atom is 0.227 e. The number of hydrazone groups is 1. The van der Waals surface area contributed by atoms with Crippen LogP contribution >= 0.6 is 34.5 Å². The van der Waals surface area contributed by atoms with E-state index in [4.69, 9.17) is 23.2 Å². The van der Waals surface area contributed by atoms with E-state index >= 15 is 0 Å². The van der Waals surface area contributed by atoms with Gasteiger partial charge in [0, 0.05) is 6.20 Å². The van der Waals surface area contributed by atoms with Crippen molar-refractivity contribution in [1.82, 2.24) is 15.2 Å². The molecule has 2 heterocycles. The Kier molecular flexibility index (Phi) is 5.24. The lowest BCUT2D eigenvalue weighted by atomic mass is 10.3. The molecule has 6 nitrogen and oxygen atoms in total. The van der Waals surface area contributed by atoms with E-state index in [1.807, 2.05) is 31.2 Å². The number of aromatic nitrogens is 3. The summed E-state index contributed by atoms with van der Waals surface area (Å²) in [6, 6.07) is 11.0. The molecule has 0 fully saturated rings. The van der Waals surface area contributed by atoms with E-state index in [0.29, 0.717) is 26.0 Å². The highest BCUT2D eigenvalue weighted by Gasteiger charge is 2.08. The summed E-state index contributed by atoms with van der Waals surface area (Å²) in [4.78, 5) is 4.23. The van der Waals surface area contributed by atoms with E-state index in [0.717, 1.165) is 11.4 Å². The van der Waals surface area contributed by atoms with Crippen LogP contribution in [0.4, 0.5) is 16.0 Å². The van der Waals surface area contributed by atoms with Crippen LogP contribution in [0.1, 0.15) is 12.6 Å². The average Bonchev–Trinajstić information content (AvgIpc) is 3.05. The van der Waals surface area contributed by atoms with Gasteiger partial charge in [-0.25, -0.2) is 0 Å². The SMILES string of the molecule is CC(=NNc1nnc(Nc2cccc(Cl)c2Cl)s1)c1ccccn1. The number of nitrogens with zero attached hydrogens (tertiary/aromatic N) is 4. The summed E-state index contributed by atoms with van der Waals surface area (Å²) >= 11 is 13.4. The predicted molar refractivity (Wildman–Crippen MR) is 99.7 cm³/mol. The van der Waals surface area contributed by atoms with Gasteiger partial charge in [0.25, 0.3) is 0 Å². The van der Waals surface area contributed by atoms with E-state index in [2.05, 4.69) is 31.0 Å². The molecule has 0 spiro atoms. The van der Waals surface area contributed by atoms with E-state index < -0.39 is 0 Å². The molecular weight excluding hydrogens is 367 g/mol. The van der Waals surface area contributed by atoms with Gasteiger partial charge in [-0.15, -0.1) is 10.2 Å². The van der Waals surface area contributed by atoms with E-state index in [1.165, 1.54) is 11.3 Å². The van der Waals surface area contributed by atoms with Crippen LogP contribution in [0.15, 0.2) is 47.7 Å². The molecule has 9 heteroatoms. The van der Waals surface area contributed by atoms with Crippen molar-refractivity contribution in [3.05, 3.63) is 58.3 Å². The minimum absolute atomic E-state index is 0.438. The normalized spacial score (nSPS) is 11.4. The monoisotopic (exact) mass is 378 g/mol. The van der Waals surface area contributed by atoms with Gasteiger partial charge in [0.15, 0.2) is 0 Å². The van der Waals surface area contributed by atoms with E-state index in [9.17, 15) is 0 Å². The molecule has 2 aromatic heterocycles. The van der Waals surface area contributed by atoms with Crippen LogP contribution in [0.5, 0.6) is 0 Å². The molecule has 122 valence electrons. The zero-order valence-electron chi connectivity index (χ0n) is 12.5. The van der Waals surface area contributed by atoms with E-state index in [1.54, 1.807) is 18.3 Å². The molecule has 0 bridgehead atoms. The first-order valence-corrected chi connectivity index (χ1v) is 8.47. The van der Waals surface area contributed by atoms with Crippen molar-refractivity contribution < 1.29 is 0 Å². The fraction of sp³-hybridized carbons (Fsp3) is 0.0667. The molecule has 3 aromatic rings. The Hall–Kier alpha value is -2.22. The third-order valence-electron chi connectivity index (χ3n) is 2.97. The minimum Gasteiger partial charge on any atom is -0.329 e. The quantitative estimate of drug-likeness (QED) is 0.491. The lowest BCUT2D eigenvalue weighted by Gasteiger charge is -2.05. The van der Waals surface area contributed by atoms with Gasteiger partial charge in [-0.05, 0) is 31.2 Å². The fourth-order valence-corrected chi connectivity index (χ4v) is 2.75. The van der Waals surface area contributed by atoms with Crippen LogP contribution in [0, 0.1) is 0 Å². The largest absolute Gasteiger partial charge is 0.329 e. The summed E-state index contributed by atoms with van der Waals surface area (Å²) in [5, 5.41) is 17.4. The first-order valence-electron chi connectivity index (χ1n) is 6.90. The number of nitrogens with one attached hydrogen (secondary N) is 2. The first-order chi connectivity index (χ1) is 11.6. The molecule has 0 aliphatic rings. The number of anilines is 3. The van der Waals surface area contributed by atoms with Gasteiger partial charge in [0.2, 0.25) is 10.3 Å². The maximum absolute atomic E-state index is 6.14. The number of halogens is 2. The van der Waals surface area contributed by atoms with Gasteiger partial charge >= 0.3 is 0 Å².